The summed E-state index contributed by atoms with van der Waals surface area (Å²) in [4.78, 5) is 14.4. The summed E-state index contributed by atoms with van der Waals surface area (Å²) >= 11 is 1.85. The molecule has 6 heteroatoms. The molecule has 118 valence electrons. The molecule has 0 spiro atoms. The number of morpholine rings is 1. The van der Waals surface area contributed by atoms with E-state index in [2.05, 4.69) is 39.2 Å². The molecule has 2 aromatic heterocycles. The van der Waals surface area contributed by atoms with Crippen molar-refractivity contribution in [2.45, 2.75) is 26.4 Å². The summed E-state index contributed by atoms with van der Waals surface area (Å²) in [5.74, 6) is 1.71. The predicted molar refractivity (Wildman–Crippen MR) is 89.3 cm³/mol. The smallest absolute Gasteiger partial charge is 0.150 e. The minimum atomic E-state index is 0.114. The van der Waals surface area contributed by atoms with Gasteiger partial charge in [-0.25, -0.2) is 9.97 Å². The Morgan fingerprint density at radius 3 is 2.95 bits per heavy atom. The molecule has 0 radical (unpaired) electrons. The van der Waals surface area contributed by atoms with E-state index in [4.69, 9.17) is 4.74 Å². The Kier molecular flexibility index (Phi) is 4.71. The summed E-state index contributed by atoms with van der Waals surface area (Å²) in [6.07, 6.45) is 0. The maximum Gasteiger partial charge on any atom is 0.150 e. The van der Waals surface area contributed by atoms with Crippen LogP contribution in [0.3, 0.4) is 0 Å². The third-order valence-corrected chi connectivity index (χ3v) is 4.81. The molecule has 0 bridgehead atoms. The number of nitrogens with one attached hydrogen (secondary N) is 1. The van der Waals surface area contributed by atoms with E-state index < -0.39 is 0 Å². The highest BCUT2D eigenvalue weighted by atomic mass is 32.1. The van der Waals surface area contributed by atoms with E-state index in [9.17, 15) is 0 Å². The van der Waals surface area contributed by atoms with Gasteiger partial charge in [0.25, 0.3) is 0 Å². The van der Waals surface area contributed by atoms with E-state index in [0.29, 0.717) is 6.61 Å². The fraction of sp³-hybridized carbons (Fsp3) is 0.500. The van der Waals surface area contributed by atoms with Crippen LogP contribution in [-0.4, -0.2) is 41.7 Å². The van der Waals surface area contributed by atoms with Crippen LogP contribution in [0.25, 0.3) is 0 Å². The van der Waals surface area contributed by atoms with Crippen molar-refractivity contribution in [1.82, 2.24) is 14.9 Å². The maximum atomic E-state index is 5.68. The highest BCUT2D eigenvalue weighted by Crippen LogP contribution is 2.27. The molecule has 22 heavy (non-hydrogen) atoms. The van der Waals surface area contributed by atoms with Crippen molar-refractivity contribution in [1.29, 1.82) is 0 Å². The topological polar surface area (TPSA) is 50.3 Å². The van der Waals surface area contributed by atoms with E-state index in [0.717, 1.165) is 37.0 Å². The average molecular weight is 318 g/mol. The molecule has 1 atom stereocenters. The molecule has 1 N–H and O–H groups in total. The van der Waals surface area contributed by atoms with Gasteiger partial charge in [0.2, 0.25) is 0 Å². The maximum absolute atomic E-state index is 5.68. The lowest BCUT2D eigenvalue weighted by Crippen LogP contribution is -2.39. The summed E-state index contributed by atoms with van der Waals surface area (Å²) in [7, 11) is 1.88. The number of aryl methyl sites for hydroxylation is 2. The van der Waals surface area contributed by atoms with Crippen molar-refractivity contribution in [2.24, 2.45) is 0 Å². The first-order valence-electron chi connectivity index (χ1n) is 7.56. The second kappa shape index (κ2) is 6.73. The second-order valence-electron chi connectivity index (χ2n) is 5.58. The predicted octanol–water partition coefficient (Wildman–Crippen LogP) is 2.77. The third kappa shape index (κ3) is 3.45. The highest BCUT2D eigenvalue weighted by molar-refractivity contribution is 7.11. The van der Waals surface area contributed by atoms with Crippen molar-refractivity contribution in [3.63, 3.8) is 0 Å². The minimum absolute atomic E-state index is 0.114. The molecule has 2 aromatic rings. The van der Waals surface area contributed by atoms with Crippen molar-refractivity contribution < 1.29 is 4.74 Å². The molecule has 1 saturated heterocycles. The molecular weight excluding hydrogens is 296 g/mol. The van der Waals surface area contributed by atoms with Crippen molar-refractivity contribution in [2.75, 3.05) is 32.1 Å². The number of thiophene rings is 1. The number of hydrogen-bond donors (Lipinski definition) is 1. The van der Waals surface area contributed by atoms with Crippen LogP contribution in [0.5, 0.6) is 0 Å². The van der Waals surface area contributed by atoms with E-state index >= 15 is 0 Å². The van der Waals surface area contributed by atoms with Gasteiger partial charge in [-0.2, -0.15) is 0 Å². The zero-order chi connectivity index (χ0) is 15.5. The molecule has 0 aliphatic carbocycles. The Morgan fingerprint density at radius 2 is 2.23 bits per heavy atom. The molecule has 5 nitrogen and oxygen atoms in total. The van der Waals surface area contributed by atoms with Crippen molar-refractivity contribution >= 4 is 17.2 Å². The average Bonchev–Trinajstić information content (AvgIpc) is 2.92. The standard InChI is InChI=1S/C16H22N4OS/c1-11-8-15(17-3)19-16(18-11)14-10-21-7-6-20(14)9-13-5-4-12(2)22-13/h4-5,8,14H,6-7,9-10H2,1-3H3,(H,17,18,19)/t14-/m1/s1. The van der Waals surface area contributed by atoms with Crippen LogP contribution in [-0.2, 0) is 11.3 Å². The zero-order valence-corrected chi connectivity index (χ0v) is 14.1. The number of ether oxygens (including phenoxy) is 1. The summed E-state index contributed by atoms with van der Waals surface area (Å²) in [5.41, 5.74) is 0.979. The number of hydrogen-bond acceptors (Lipinski definition) is 6. The first-order valence-corrected chi connectivity index (χ1v) is 8.38. The van der Waals surface area contributed by atoms with Gasteiger partial charge in [-0.15, -0.1) is 11.3 Å². The minimum Gasteiger partial charge on any atom is -0.378 e. The van der Waals surface area contributed by atoms with Gasteiger partial charge in [0, 0.05) is 41.7 Å². The number of anilines is 1. The number of aromatic nitrogens is 2. The van der Waals surface area contributed by atoms with E-state index in [1.807, 2.05) is 31.4 Å². The fourth-order valence-electron chi connectivity index (χ4n) is 2.70. The third-order valence-electron chi connectivity index (χ3n) is 3.82. The van der Waals surface area contributed by atoms with Gasteiger partial charge < -0.3 is 10.1 Å². The van der Waals surface area contributed by atoms with E-state index in [1.165, 1.54) is 9.75 Å². The largest absolute Gasteiger partial charge is 0.378 e. The Morgan fingerprint density at radius 1 is 1.36 bits per heavy atom. The summed E-state index contributed by atoms with van der Waals surface area (Å²) in [6.45, 7) is 7.41. The van der Waals surface area contributed by atoms with Gasteiger partial charge in [-0.05, 0) is 26.0 Å². The van der Waals surface area contributed by atoms with Gasteiger partial charge >= 0.3 is 0 Å². The van der Waals surface area contributed by atoms with Gasteiger partial charge in [0.05, 0.1) is 19.3 Å². The fourth-order valence-corrected chi connectivity index (χ4v) is 3.62. The summed E-state index contributed by atoms with van der Waals surface area (Å²) in [5, 5.41) is 3.11. The van der Waals surface area contributed by atoms with Crippen LogP contribution >= 0.6 is 11.3 Å². The zero-order valence-electron chi connectivity index (χ0n) is 13.3. The van der Waals surface area contributed by atoms with Crippen LogP contribution < -0.4 is 5.32 Å². The SMILES string of the molecule is CNc1cc(C)nc([C@H]2COCCN2Cc2ccc(C)s2)n1. The molecule has 0 aromatic carbocycles. The van der Waals surface area contributed by atoms with E-state index in [1.54, 1.807) is 0 Å². The first-order chi connectivity index (χ1) is 10.7. The van der Waals surface area contributed by atoms with Crippen LogP contribution in [0, 0.1) is 13.8 Å². The molecule has 1 fully saturated rings. The van der Waals surface area contributed by atoms with Crippen molar-refractivity contribution in [3.8, 4) is 0 Å². The van der Waals surface area contributed by atoms with Gasteiger partial charge in [0.15, 0.2) is 0 Å². The van der Waals surface area contributed by atoms with Gasteiger partial charge in [0.1, 0.15) is 11.6 Å². The molecular formula is C16H22N4OS. The lowest BCUT2D eigenvalue weighted by molar-refractivity contribution is -0.0154. The van der Waals surface area contributed by atoms with Crippen molar-refractivity contribution in [3.05, 3.63) is 39.5 Å². The lowest BCUT2D eigenvalue weighted by Gasteiger charge is -2.34. The Labute approximate surface area is 135 Å². The quantitative estimate of drug-likeness (QED) is 0.939. The molecule has 0 unspecified atom stereocenters. The first kappa shape index (κ1) is 15.4. The number of rotatable bonds is 4. The lowest BCUT2D eigenvalue weighted by atomic mass is 10.2. The molecule has 0 saturated carbocycles. The normalized spacial score (nSPS) is 19.3. The molecule has 3 rings (SSSR count). The van der Waals surface area contributed by atoms with Gasteiger partial charge in [-0.3, -0.25) is 4.90 Å². The number of nitrogens with zero attached hydrogens (tertiary/aromatic N) is 3. The summed E-state index contributed by atoms with van der Waals surface area (Å²) < 4.78 is 5.68. The Balaban J connectivity index is 1.84. The van der Waals surface area contributed by atoms with Crippen LogP contribution in [0.15, 0.2) is 18.2 Å². The molecule has 1 aliphatic rings. The Hall–Kier alpha value is -1.50. The molecule has 1 aliphatic heterocycles. The summed E-state index contributed by atoms with van der Waals surface area (Å²) in [6, 6.07) is 6.46. The van der Waals surface area contributed by atoms with Crippen LogP contribution in [0.2, 0.25) is 0 Å². The van der Waals surface area contributed by atoms with Crippen LogP contribution in [0.4, 0.5) is 5.82 Å². The monoisotopic (exact) mass is 318 g/mol. The molecule has 3 heterocycles. The van der Waals surface area contributed by atoms with Crippen LogP contribution in [0.1, 0.15) is 27.3 Å². The Bertz CT molecular complexity index is 643. The van der Waals surface area contributed by atoms with E-state index in [-0.39, 0.29) is 6.04 Å². The van der Waals surface area contributed by atoms with Gasteiger partial charge in [-0.1, -0.05) is 0 Å². The second-order valence-corrected chi connectivity index (χ2v) is 6.95. The highest BCUT2D eigenvalue weighted by Gasteiger charge is 2.27. The molecule has 0 amide bonds.